The molecule has 0 aliphatic rings. The summed E-state index contributed by atoms with van der Waals surface area (Å²) in [6.07, 6.45) is 1.07. The number of aliphatic carboxylic acids is 1. The Labute approximate surface area is 109 Å². The van der Waals surface area contributed by atoms with Crippen molar-refractivity contribution in [3.63, 3.8) is 0 Å². The molecule has 19 heavy (non-hydrogen) atoms. The highest BCUT2D eigenvalue weighted by atomic mass is 19.1. The number of hydrogen-bond acceptors (Lipinski definition) is 4. The van der Waals surface area contributed by atoms with Gasteiger partial charge in [-0.3, -0.25) is 14.9 Å². The minimum atomic E-state index is -0.860. The van der Waals surface area contributed by atoms with E-state index in [0.717, 1.165) is 12.1 Å². The molecule has 1 atom stereocenters. The maximum Gasteiger partial charge on any atom is 0.306 e. The molecule has 0 aromatic heterocycles. The van der Waals surface area contributed by atoms with E-state index in [1.807, 2.05) is 0 Å². The number of carbonyl (C=O) groups is 1. The lowest BCUT2D eigenvalue weighted by molar-refractivity contribution is -0.385. The molecule has 0 aliphatic heterocycles. The zero-order chi connectivity index (χ0) is 14.4. The van der Waals surface area contributed by atoms with Crippen LogP contribution >= 0.6 is 0 Å². The number of carboxylic acid groups (broad SMARTS) is 1. The van der Waals surface area contributed by atoms with Crippen LogP contribution in [0.2, 0.25) is 0 Å². The summed E-state index contributed by atoms with van der Waals surface area (Å²) in [6.45, 7) is 2.04. The van der Waals surface area contributed by atoms with Crippen molar-refractivity contribution in [2.45, 2.75) is 19.8 Å². The second-order valence-corrected chi connectivity index (χ2v) is 4.26. The van der Waals surface area contributed by atoms with Crippen LogP contribution < -0.4 is 5.32 Å². The lowest BCUT2D eigenvalue weighted by Crippen LogP contribution is -2.11. The first kappa shape index (κ1) is 14.9. The first-order valence-corrected chi connectivity index (χ1v) is 5.82. The normalized spacial score (nSPS) is 11.9. The van der Waals surface area contributed by atoms with Crippen molar-refractivity contribution in [1.82, 2.24) is 0 Å². The van der Waals surface area contributed by atoms with Gasteiger partial charge in [-0.05, 0) is 18.9 Å². The number of nitrogens with one attached hydrogen (secondary N) is 1. The van der Waals surface area contributed by atoms with Crippen LogP contribution in [0.5, 0.6) is 0 Å². The lowest BCUT2D eigenvalue weighted by atomic mass is 10.1. The molecule has 0 saturated heterocycles. The summed E-state index contributed by atoms with van der Waals surface area (Å²) < 4.78 is 13.1. The molecule has 1 aromatic carbocycles. The molecule has 104 valence electrons. The van der Waals surface area contributed by atoms with Gasteiger partial charge in [-0.25, -0.2) is 4.39 Å². The Kier molecular flexibility index (Phi) is 5.23. The van der Waals surface area contributed by atoms with Gasteiger partial charge in [0.05, 0.1) is 16.9 Å². The zero-order valence-corrected chi connectivity index (χ0v) is 10.4. The van der Waals surface area contributed by atoms with Gasteiger partial charge in [-0.1, -0.05) is 6.92 Å². The molecule has 0 fully saturated rings. The molecule has 0 radical (unpaired) electrons. The molecule has 0 bridgehead atoms. The predicted octanol–water partition coefficient (Wildman–Crippen LogP) is 2.65. The molecular weight excluding hydrogens is 255 g/mol. The Morgan fingerprint density at radius 2 is 2.21 bits per heavy atom. The van der Waals surface area contributed by atoms with Crippen LogP contribution in [0.3, 0.4) is 0 Å². The van der Waals surface area contributed by atoms with E-state index in [1.54, 1.807) is 6.92 Å². The minimum absolute atomic E-state index is 0.315. The van der Waals surface area contributed by atoms with E-state index in [2.05, 4.69) is 5.32 Å². The van der Waals surface area contributed by atoms with Crippen molar-refractivity contribution in [1.29, 1.82) is 0 Å². The van der Waals surface area contributed by atoms with E-state index < -0.39 is 22.6 Å². The number of carboxylic acids is 1. The molecule has 0 aliphatic carbocycles. The maximum atomic E-state index is 13.1. The SMILES string of the molecule is CC(CCCNc1cc(F)cc([N+](=O)[O-])c1)C(=O)O. The van der Waals surface area contributed by atoms with Crippen LogP contribution in [-0.2, 0) is 4.79 Å². The van der Waals surface area contributed by atoms with E-state index in [4.69, 9.17) is 5.11 Å². The van der Waals surface area contributed by atoms with Crippen LogP contribution in [-0.4, -0.2) is 22.5 Å². The van der Waals surface area contributed by atoms with Crippen molar-refractivity contribution in [3.8, 4) is 0 Å². The highest BCUT2D eigenvalue weighted by molar-refractivity contribution is 5.69. The lowest BCUT2D eigenvalue weighted by Gasteiger charge is -2.08. The molecule has 0 heterocycles. The van der Waals surface area contributed by atoms with Crippen LogP contribution in [0, 0.1) is 21.8 Å². The standard InChI is InChI=1S/C12H15FN2O4/c1-8(12(16)17)3-2-4-14-10-5-9(13)6-11(7-10)15(18)19/h5-8,14H,2-4H2,1H3,(H,16,17). The highest BCUT2D eigenvalue weighted by Crippen LogP contribution is 2.20. The van der Waals surface area contributed by atoms with Gasteiger partial charge in [0.2, 0.25) is 0 Å². The van der Waals surface area contributed by atoms with E-state index in [-0.39, 0.29) is 5.69 Å². The largest absolute Gasteiger partial charge is 0.481 e. The fourth-order valence-corrected chi connectivity index (χ4v) is 1.55. The summed E-state index contributed by atoms with van der Waals surface area (Å²) in [5, 5.41) is 22.1. The van der Waals surface area contributed by atoms with Crippen LogP contribution in [0.4, 0.5) is 15.8 Å². The first-order chi connectivity index (χ1) is 8.90. The number of rotatable bonds is 7. The van der Waals surface area contributed by atoms with Gasteiger partial charge >= 0.3 is 5.97 Å². The number of halogens is 1. The number of benzene rings is 1. The summed E-state index contributed by atoms with van der Waals surface area (Å²) in [5.74, 6) is -1.99. The van der Waals surface area contributed by atoms with Gasteiger partial charge in [0.25, 0.3) is 5.69 Å². The monoisotopic (exact) mass is 270 g/mol. The Balaban J connectivity index is 2.49. The van der Waals surface area contributed by atoms with E-state index >= 15 is 0 Å². The molecule has 0 spiro atoms. The second-order valence-electron chi connectivity index (χ2n) is 4.26. The van der Waals surface area contributed by atoms with Crippen LogP contribution in [0.25, 0.3) is 0 Å². The second kappa shape index (κ2) is 6.67. The van der Waals surface area contributed by atoms with Gasteiger partial charge in [0, 0.05) is 18.3 Å². The molecule has 1 aromatic rings. The summed E-state index contributed by atoms with van der Waals surface area (Å²) in [7, 11) is 0. The van der Waals surface area contributed by atoms with E-state index in [1.165, 1.54) is 6.07 Å². The van der Waals surface area contributed by atoms with Crippen molar-refractivity contribution in [2.75, 3.05) is 11.9 Å². The third kappa shape index (κ3) is 4.90. The summed E-state index contributed by atoms with van der Waals surface area (Å²) >= 11 is 0. The van der Waals surface area contributed by atoms with E-state index in [9.17, 15) is 19.3 Å². The van der Waals surface area contributed by atoms with Crippen LogP contribution in [0.1, 0.15) is 19.8 Å². The minimum Gasteiger partial charge on any atom is -0.481 e. The Morgan fingerprint density at radius 1 is 1.53 bits per heavy atom. The van der Waals surface area contributed by atoms with Crippen LogP contribution in [0.15, 0.2) is 18.2 Å². The number of nitro groups is 1. The average Bonchev–Trinajstić information content (AvgIpc) is 2.33. The van der Waals surface area contributed by atoms with E-state index in [0.29, 0.717) is 25.1 Å². The summed E-state index contributed by atoms with van der Waals surface area (Å²) in [4.78, 5) is 20.5. The average molecular weight is 270 g/mol. The van der Waals surface area contributed by atoms with Gasteiger partial charge < -0.3 is 10.4 Å². The number of anilines is 1. The molecule has 0 saturated carbocycles. The maximum absolute atomic E-state index is 13.1. The number of nitro benzene ring substituents is 1. The molecule has 1 unspecified atom stereocenters. The van der Waals surface area contributed by atoms with Crippen molar-refractivity contribution >= 4 is 17.3 Å². The number of non-ortho nitro benzene ring substituents is 1. The van der Waals surface area contributed by atoms with Gasteiger partial charge in [0.1, 0.15) is 5.82 Å². The zero-order valence-electron chi connectivity index (χ0n) is 10.4. The predicted molar refractivity (Wildman–Crippen MR) is 67.6 cm³/mol. The van der Waals surface area contributed by atoms with Crippen molar-refractivity contribution in [3.05, 3.63) is 34.1 Å². The molecule has 7 heteroatoms. The Bertz CT molecular complexity index is 479. The number of nitrogens with zero attached hydrogens (tertiary/aromatic N) is 1. The summed E-state index contributed by atoms with van der Waals surface area (Å²) in [5.41, 5.74) is -0.00363. The topological polar surface area (TPSA) is 92.5 Å². The molecule has 0 amide bonds. The third-order valence-corrected chi connectivity index (χ3v) is 2.66. The van der Waals surface area contributed by atoms with Gasteiger partial charge in [0.15, 0.2) is 0 Å². The Hall–Kier alpha value is -2.18. The summed E-state index contributed by atoms with van der Waals surface area (Å²) in [6, 6.07) is 3.25. The molecule has 1 rings (SSSR count). The highest BCUT2D eigenvalue weighted by Gasteiger charge is 2.11. The van der Waals surface area contributed by atoms with Gasteiger partial charge in [-0.15, -0.1) is 0 Å². The van der Waals surface area contributed by atoms with Crippen molar-refractivity contribution < 1.29 is 19.2 Å². The Morgan fingerprint density at radius 3 is 2.79 bits per heavy atom. The van der Waals surface area contributed by atoms with Crippen molar-refractivity contribution in [2.24, 2.45) is 5.92 Å². The third-order valence-electron chi connectivity index (χ3n) is 2.66. The fourth-order valence-electron chi connectivity index (χ4n) is 1.55. The first-order valence-electron chi connectivity index (χ1n) is 5.82. The van der Waals surface area contributed by atoms with Gasteiger partial charge in [-0.2, -0.15) is 0 Å². The molecule has 6 nitrogen and oxygen atoms in total. The smallest absolute Gasteiger partial charge is 0.306 e. The fraction of sp³-hybridized carbons (Fsp3) is 0.417. The quantitative estimate of drug-likeness (QED) is 0.451. The molecular formula is C12H15FN2O4. The molecule has 2 N–H and O–H groups in total. The number of hydrogen-bond donors (Lipinski definition) is 2.